The molecule has 0 bridgehead atoms. The quantitative estimate of drug-likeness (QED) is 0.546. The van der Waals surface area contributed by atoms with Crippen molar-refractivity contribution in [1.82, 2.24) is 0 Å². The Morgan fingerprint density at radius 1 is 1.11 bits per heavy atom. The van der Waals surface area contributed by atoms with Crippen molar-refractivity contribution in [2.75, 3.05) is 5.32 Å². The van der Waals surface area contributed by atoms with E-state index in [9.17, 15) is 4.79 Å². The SMILES string of the molecule is CC[C@@H](C)Oc1ccc(NC(=O)C2(c3ccc(Cl)cc3Cl)CCCCC2)cc1. The molecule has 5 heteroatoms. The predicted molar refractivity (Wildman–Crippen MR) is 117 cm³/mol. The zero-order valence-electron chi connectivity index (χ0n) is 16.4. The van der Waals surface area contributed by atoms with Crippen molar-refractivity contribution in [2.24, 2.45) is 0 Å². The fourth-order valence-corrected chi connectivity index (χ4v) is 4.42. The summed E-state index contributed by atoms with van der Waals surface area (Å²) in [6.07, 6.45) is 5.84. The van der Waals surface area contributed by atoms with Gasteiger partial charge in [0.25, 0.3) is 0 Å². The summed E-state index contributed by atoms with van der Waals surface area (Å²) >= 11 is 12.6. The maximum Gasteiger partial charge on any atom is 0.235 e. The highest BCUT2D eigenvalue weighted by Crippen LogP contribution is 2.44. The second kappa shape index (κ2) is 9.19. The van der Waals surface area contributed by atoms with Crippen molar-refractivity contribution >= 4 is 34.8 Å². The Morgan fingerprint density at radius 3 is 2.39 bits per heavy atom. The molecule has 0 spiro atoms. The van der Waals surface area contributed by atoms with Gasteiger partial charge in [0.2, 0.25) is 5.91 Å². The van der Waals surface area contributed by atoms with E-state index in [0.29, 0.717) is 10.0 Å². The van der Waals surface area contributed by atoms with Gasteiger partial charge in [-0.05, 0) is 68.1 Å². The molecule has 0 aliphatic heterocycles. The third-order valence-corrected chi connectivity index (χ3v) is 6.16. The number of ether oxygens (including phenoxy) is 1. The van der Waals surface area contributed by atoms with Crippen LogP contribution >= 0.6 is 23.2 Å². The normalized spacial score (nSPS) is 17.0. The molecule has 1 amide bonds. The van der Waals surface area contributed by atoms with Crippen LogP contribution in [0.2, 0.25) is 10.0 Å². The molecule has 1 atom stereocenters. The third-order valence-electron chi connectivity index (χ3n) is 5.61. The topological polar surface area (TPSA) is 38.3 Å². The minimum Gasteiger partial charge on any atom is -0.491 e. The Labute approximate surface area is 177 Å². The van der Waals surface area contributed by atoms with Gasteiger partial charge in [-0.3, -0.25) is 4.79 Å². The number of amides is 1. The van der Waals surface area contributed by atoms with E-state index in [1.54, 1.807) is 6.07 Å². The molecule has 0 heterocycles. The highest BCUT2D eigenvalue weighted by Gasteiger charge is 2.42. The number of hydrogen-bond acceptors (Lipinski definition) is 2. The summed E-state index contributed by atoms with van der Waals surface area (Å²) in [5.74, 6) is 0.799. The minimum atomic E-state index is -0.619. The number of rotatable bonds is 6. The lowest BCUT2D eigenvalue weighted by Crippen LogP contribution is -2.42. The molecule has 1 N–H and O–H groups in total. The van der Waals surface area contributed by atoms with Crippen LogP contribution in [-0.2, 0) is 10.2 Å². The van der Waals surface area contributed by atoms with Gasteiger partial charge in [0, 0.05) is 15.7 Å². The molecule has 0 saturated heterocycles. The Kier molecular flexibility index (Phi) is 6.90. The van der Waals surface area contributed by atoms with Crippen LogP contribution in [0, 0.1) is 0 Å². The number of benzene rings is 2. The van der Waals surface area contributed by atoms with E-state index < -0.39 is 5.41 Å². The Hall–Kier alpha value is -1.71. The molecular formula is C23H27Cl2NO2. The standard InChI is InChI=1S/C23H27Cl2NO2/c1-3-16(2)28-19-10-8-18(9-11-19)26-22(27)23(13-5-4-6-14-23)20-12-7-17(24)15-21(20)25/h7-12,15-16H,3-6,13-14H2,1-2H3,(H,26,27)/t16-/m1/s1. The van der Waals surface area contributed by atoms with Crippen LogP contribution in [0.3, 0.4) is 0 Å². The fraction of sp³-hybridized carbons (Fsp3) is 0.435. The number of anilines is 1. The first-order chi connectivity index (χ1) is 13.4. The summed E-state index contributed by atoms with van der Waals surface area (Å²) in [6.45, 7) is 4.13. The van der Waals surface area contributed by atoms with Gasteiger partial charge in [0.1, 0.15) is 5.75 Å². The van der Waals surface area contributed by atoms with Crippen molar-refractivity contribution in [3.63, 3.8) is 0 Å². The number of carbonyl (C=O) groups excluding carboxylic acids is 1. The average Bonchev–Trinajstić information content (AvgIpc) is 2.69. The van der Waals surface area contributed by atoms with E-state index in [1.807, 2.05) is 43.3 Å². The average molecular weight is 420 g/mol. The Bertz CT molecular complexity index is 814. The molecule has 28 heavy (non-hydrogen) atoms. The largest absolute Gasteiger partial charge is 0.491 e. The second-order valence-corrected chi connectivity index (χ2v) is 8.43. The van der Waals surface area contributed by atoms with Gasteiger partial charge in [-0.15, -0.1) is 0 Å². The van der Waals surface area contributed by atoms with E-state index in [2.05, 4.69) is 12.2 Å². The monoisotopic (exact) mass is 419 g/mol. The van der Waals surface area contributed by atoms with Crippen molar-refractivity contribution in [1.29, 1.82) is 0 Å². The van der Waals surface area contributed by atoms with Crippen molar-refractivity contribution < 1.29 is 9.53 Å². The van der Waals surface area contributed by atoms with Gasteiger partial charge in [0.15, 0.2) is 0 Å². The smallest absolute Gasteiger partial charge is 0.235 e. The lowest BCUT2D eigenvalue weighted by molar-refractivity contribution is -0.122. The van der Waals surface area contributed by atoms with Gasteiger partial charge in [0.05, 0.1) is 11.5 Å². The van der Waals surface area contributed by atoms with Crippen molar-refractivity contribution in [3.8, 4) is 5.75 Å². The van der Waals surface area contributed by atoms with Crippen LogP contribution in [0.25, 0.3) is 0 Å². The van der Waals surface area contributed by atoms with Crippen LogP contribution in [0.4, 0.5) is 5.69 Å². The first-order valence-electron chi connectivity index (χ1n) is 9.98. The van der Waals surface area contributed by atoms with E-state index in [-0.39, 0.29) is 12.0 Å². The molecule has 2 aromatic rings. The number of halogens is 2. The maximum atomic E-state index is 13.4. The summed E-state index contributed by atoms with van der Waals surface area (Å²) in [4.78, 5) is 13.4. The lowest BCUT2D eigenvalue weighted by atomic mass is 9.68. The molecule has 1 fully saturated rings. The van der Waals surface area contributed by atoms with Gasteiger partial charge < -0.3 is 10.1 Å². The number of carbonyl (C=O) groups is 1. The van der Waals surface area contributed by atoms with Gasteiger partial charge >= 0.3 is 0 Å². The van der Waals surface area contributed by atoms with Crippen LogP contribution in [0.1, 0.15) is 57.9 Å². The maximum absolute atomic E-state index is 13.4. The van der Waals surface area contributed by atoms with Crippen molar-refractivity contribution in [2.45, 2.75) is 63.9 Å². The summed E-state index contributed by atoms with van der Waals surface area (Å²) in [7, 11) is 0. The molecule has 150 valence electrons. The summed E-state index contributed by atoms with van der Waals surface area (Å²) < 4.78 is 5.81. The molecule has 1 saturated carbocycles. The first kappa shape index (κ1) is 21.0. The van der Waals surface area contributed by atoms with Gasteiger partial charge in [-0.25, -0.2) is 0 Å². The fourth-order valence-electron chi connectivity index (χ4n) is 3.83. The summed E-state index contributed by atoms with van der Waals surface area (Å²) in [5, 5.41) is 4.24. The Morgan fingerprint density at radius 2 is 1.79 bits per heavy atom. The summed E-state index contributed by atoms with van der Waals surface area (Å²) in [5.41, 5.74) is 1.01. The second-order valence-electron chi connectivity index (χ2n) is 7.58. The van der Waals surface area contributed by atoms with E-state index in [1.165, 1.54) is 0 Å². The third kappa shape index (κ3) is 4.64. The van der Waals surface area contributed by atoms with Crippen LogP contribution in [0.15, 0.2) is 42.5 Å². The lowest BCUT2D eigenvalue weighted by Gasteiger charge is -2.37. The molecule has 0 unspecified atom stereocenters. The van der Waals surface area contributed by atoms with E-state index in [4.69, 9.17) is 27.9 Å². The molecule has 0 aromatic heterocycles. The molecule has 3 nitrogen and oxygen atoms in total. The first-order valence-corrected chi connectivity index (χ1v) is 10.7. The van der Waals surface area contributed by atoms with Crippen molar-refractivity contribution in [3.05, 3.63) is 58.1 Å². The van der Waals surface area contributed by atoms with Crippen LogP contribution in [0.5, 0.6) is 5.75 Å². The Balaban J connectivity index is 1.82. The molecule has 3 rings (SSSR count). The molecule has 0 radical (unpaired) electrons. The molecular weight excluding hydrogens is 393 g/mol. The van der Waals surface area contributed by atoms with E-state index in [0.717, 1.165) is 55.5 Å². The predicted octanol–water partition coefficient (Wildman–Crippen LogP) is 7.01. The van der Waals surface area contributed by atoms with Gasteiger partial charge in [-0.1, -0.05) is 55.5 Å². The molecule has 2 aromatic carbocycles. The molecule has 1 aliphatic carbocycles. The van der Waals surface area contributed by atoms with Crippen LogP contribution in [-0.4, -0.2) is 12.0 Å². The summed E-state index contributed by atoms with van der Waals surface area (Å²) in [6, 6.07) is 13.0. The van der Waals surface area contributed by atoms with Crippen LogP contribution < -0.4 is 10.1 Å². The minimum absolute atomic E-state index is 0.00739. The van der Waals surface area contributed by atoms with Gasteiger partial charge in [-0.2, -0.15) is 0 Å². The number of hydrogen-bond donors (Lipinski definition) is 1. The highest BCUT2D eigenvalue weighted by molar-refractivity contribution is 6.35. The zero-order chi connectivity index (χ0) is 20.1. The van der Waals surface area contributed by atoms with E-state index >= 15 is 0 Å². The zero-order valence-corrected chi connectivity index (χ0v) is 17.9. The number of nitrogens with one attached hydrogen (secondary N) is 1. The molecule has 1 aliphatic rings. The highest BCUT2D eigenvalue weighted by atomic mass is 35.5.